The summed E-state index contributed by atoms with van der Waals surface area (Å²) in [7, 11) is 1.57. The molecule has 0 saturated heterocycles. The molecule has 0 aliphatic rings. The summed E-state index contributed by atoms with van der Waals surface area (Å²) in [6.07, 6.45) is 4.63. The van der Waals surface area contributed by atoms with Gasteiger partial charge in [0.1, 0.15) is 0 Å². The van der Waals surface area contributed by atoms with E-state index in [4.69, 9.17) is 9.47 Å². The molecule has 0 fully saturated rings. The molecule has 0 atom stereocenters. The number of methoxy groups -OCH3 is 1. The van der Waals surface area contributed by atoms with Crippen molar-refractivity contribution in [3.63, 3.8) is 0 Å². The molecule has 1 amide bonds. The maximum absolute atomic E-state index is 11.9. The molecule has 2 aromatic rings. The maximum Gasteiger partial charge on any atom is 0.271 e. The number of hydrazone groups is 1. The Hall–Kier alpha value is -2.41. The molecule has 1 heterocycles. The van der Waals surface area contributed by atoms with E-state index in [0.29, 0.717) is 23.7 Å². The molecule has 1 aromatic heterocycles. The van der Waals surface area contributed by atoms with Crippen molar-refractivity contribution in [1.82, 2.24) is 10.4 Å². The number of ether oxygens (including phenoxy) is 2. The van der Waals surface area contributed by atoms with Gasteiger partial charge in [0.25, 0.3) is 5.91 Å². The van der Waals surface area contributed by atoms with Gasteiger partial charge in [-0.3, -0.25) is 9.78 Å². The number of aromatic nitrogens is 1. The molecule has 0 bridgehead atoms. The summed E-state index contributed by atoms with van der Waals surface area (Å²) < 4.78 is 11.6. The molecule has 0 unspecified atom stereocenters. The maximum atomic E-state index is 11.9. The minimum absolute atomic E-state index is 0.304. The van der Waals surface area contributed by atoms with E-state index in [9.17, 15) is 4.79 Å². The molecular weight excluding hydrogens is 362 g/mol. The third kappa shape index (κ3) is 4.53. The highest BCUT2D eigenvalue weighted by atomic mass is 79.9. The first-order valence-corrected chi connectivity index (χ1v) is 7.68. The molecule has 1 N–H and O–H groups in total. The van der Waals surface area contributed by atoms with Crippen LogP contribution in [0.2, 0.25) is 0 Å². The molecule has 0 aliphatic carbocycles. The summed E-state index contributed by atoms with van der Waals surface area (Å²) in [5.74, 6) is 0.914. The number of hydrogen-bond donors (Lipinski definition) is 1. The first-order chi connectivity index (χ1) is 11.2. The highest BCUT2D eigenvalue weighted by molar-refractivity contribution is 9.10. The zero-order valence-electron chi connectivity index (χ0n) is 12.7. The lowest BCUT2D eigenvalue weighted by atomic mass is 10.2. The summed E-state index contributed by atoms with van der Waals surface area (Å²) in [5, 5.41) is 3.95. The van der Waals surface area contributed by atoms with Crippen LogP contribution in [0.3, 0.4) is 0 Å². The minimum atomic E-state index is -0.304. The van der Waals surface area contributed by atoms with Crippen LogP contribution in [-0.2, 0) is 0 Å². The molecule has 0 spiro atoms. The fourth-order valence-corrected chi connectivity index (χ4v) is 2.48. The standard InChI is InChI=1S/C16H16BrN3O3/c1-3-23-14-9-11(8-13(17)15(14)22-2)10-19-20-16(21)12-4-6-18-7-5-12/h4-10H,3H2,1-2H3,(H,20,21)/b19-10+. The molecule has 7 heteroatoms. The number of nitrogens with zero attached hydrogens (tertiary/aromatic N) is 2. The van der Waals surface area contributed by atoms with E-state index in [2.05, 4.69) is 31.4 Å². The van der Waals surface area contributed by atoms with Gasteiger partial charge in [0.2, 0.25) is 0 Å². The molecule has 1 aromatic carbocycles. The molecule has 120 valence electrons. The van der Waals surface area contributed by atoms with E-state index in [1.54, 1.807) is 37.7 Å². The van der Waals surface area contributed by atoms with Crippen molar-refractivity contribution in [3.8, 4) is 11.5 Å². The average molecular weight is 378 g/mol. The van der Waals surface area contributed by atoms with Crippen LogP contribution >= 0.6 is 15.9 Å². The highest BCUT2D eigenvalue weighted by Crippen LogP contribution is 2.36. The van der Waals surface area contributed by atoms with Gasteiger partial charge in [-0.15, -0.1) is 0 Å². The van der Waals surface area contributed by atoms with E-state index in [1.807, 2.05) is 13.0 Å². The molecular formula is C16H16BrN3O3. The Morgan fingerprint density at radius 3 is 2.78 bits per heavy atom. The van der Waals surface area contributed by atoms with Crippen molar-refractivity contribution in [2.75, 3.05) is 13.7 Å². The number of carbonyl (C=O) groups is 1. The SMILES string of the molecule is CCOc1cc(/C=N/NC(=O)c2ccncc2)cc(Br)c1OC. The van der Waals surface area contributed by atoms with Crippen LogP contribution in [0.4, 0.5) is 0 Å². The van der Waals surface area contributed by atoms with Crippen LogP contribution in [0.15, 0.2) is 46.2 Å². The smallest absolute Gasteiger partial charge is 0.271 e. The number of hydrogen-bond acceptors (Lipinski definition) is 5. The fraction of sp³-hybridized carbons (Fsp3) is 0.188. The van der Waals surface area contributed by atoms with Crippen molar-refractivity contribution in [2.45, 2.75) is 6.92 Å². The second-order valence-electron chi connectivity index (χ2n) is 4.40. The number of carbonyl (C=O) groups excluding carboxylic acids is 1. The summed E-state index contributed by atoms with van der Waals surface area (Å²) in [5.41, 5.74) is 3.71. The van der Waals surface area contributed by atoms with Gasteiger partial charge in [0, 0.05) is 18.0 Å². The largest absolute Gasteiger partial charge is 0.492 e. The molecule has 23 heavy (non-hydrogen) atoms. The number of rotatable bonds is 6. The first-order valence-electron chi connectivity index (χ1n) is 6.89. The van der Waals surface area contributed by atoms with Crippen LogP contribution in [0.1, 0.15) is 22.8 Å². The summed E-state index contributed by atoms with van der Waals surface area (Å²) >= 11 is 3.42. The van der Waals surface area contributed by atoms with E-state index in [-0.39, 0.29) is 5.91 Å². The molecule has 0 aliphatic heterocycles. The highest BCUT2D eigenvalue weighted by Gasteiger charge is 2.10. The van der Waals surface area contributed by atoms with Gasteiger partial charge in [-0.1, -0.05) is 0 Å². The topological polar surface area (TPSA) is 72.8 Å². The number of amides is 1. The first kappa shape index (κ1) is 17.0. The lowest BCUT2D eigenvalue weighted by molar-refractivity contribution is 0.0955. The fourth-order valence-electron chi connectivity index (χ4n) is 1.86. The second-order valence-corrected chi connectivity index (χ2v) is 5.26. The summed E-state index contributed by atoms with van der Waals surface area (Å²) in [6.45, 7) is 2.41. The van der Waals surface area contributed by atoms with Gasteiger partial charge in [-0.05, 0) is 52.7 Å². The van der Waals surface area contributed by atoms with Gasteiger partial charge in [0.15, 0.2) is 11.5 Å². The zero-order valence-corrected chi connectivity index (χ0v) is 14.3. The van der Waals surface area contributed by atoms with E-state index in [0.717, 1.165) is 10.0 Å². The van der Waals surface area contributed by atoms with Gasteiger partial charge < -0.3 is 9.47 Å². The van der Waals surface area contributed by atoms with Gasteiger partial charge >= 0.3 is 0 Å². The van der Waals surface area contributed by atoms with Gasteiger partial charge in [0.05, 0.1) is 24.4 Å². The Morgan fingerprint density at radius 2 is 2.13 bits per heavy atom. The predicted molar refractivity (Wildman–Crippen MR) is 91.2 cm³/mol. The summed E-state index contributed by atoms with van der Waals surface area (Å²) in [4.78, 5) is 15.7. The van der Waals surface area contributed by atoms with E-state index >= 15 is 0 Å². The van der Waals surface area contributed by atoms with Crippen LogP contribution in [-0.4, -0.2) is 30.8 Å². The Kier molecular flexibility index (Phi) is 6.10. The lowest BCUT2D eigenvalue weighted by Crippen LogP contribution is -2.17. The van der Waals surface area contributed by atoms with Crippen molar-refractivity contribution in [3.05, 3.63) is 52.3 Å². The Labute approximate surface area is 142 Å². The lowest BCUT2D eigenvalue weighted by Gasteiger charge is -2.11. The molecule has 0 radical (unpaired) electrons. The Morgan fingerprint density at radius 1 is 1.39 bits per heavy atom. The van der Waals surface area contributed by atoms with Crippen molar-refractivity contribution in [1.29, 1.82) is 0 Å². The monoisotopic (exact) mass is 377 g/mol. The number of nitrogens with one attached hydrogen (secondary N) is 1. The van der Waals surface area contributed by atoms with Gasteiger partial charge in [-0.25, -0.2) is 5.43 Å². The third-order valence-corrected chi connectivity index (χ3v) is 3.45. The second kappa shape index (κ2) is 8.28. The van der Waals surface area contributed by atoms with Crippen LogP contribution in [0, 0.1) is 0 Å². The van der Waals surface area contributed by atoms with Crippen molar-refractivity contribution in [2.24, 2.45) is 5.10 Å². The molecule has 0 saturated carbocycles. The van der Waals surface area contributed by atoms with E-state index < -0.39 is 0 Å². The van der Waals surface area contributed by atoms with E-state index in [1.165, 1.54) is 6.21 Å². The average Bonchev–Trinajstić information content (AvgIpc) is 2.56. The quantitative estimate of drug-likeness (QED) is 0.620. The number of halogens is 1. The molecule has 2 rings (SSSR count). The number of benzene rings is 1. The third-order valence-electron chi connectivity index (χ3n) is 2.86. The number of pyridine rings is 1. The minimum Gasteiger partial charge on any atom is -0.492 e. The normalized spacial score (nSPS) is 10.6. The zero-order chi connectivity index (χ0) is 16.7. The van der Waals surface area contributed by atoms with Gasteiger partial charge in [-0.2, -0.15) is 5.10 Å². The Balaban J connectivity index is 2.12. The van der Waals surface area contributed by atoms with Crippen LogP contribution in [0.5, 0.6) is 11.5 Å². The molecule has 6 nitrogen and oxygen atoms in total. The summed E-state index contributed by atoms with van der Waals surface area (Å²) in [6, 6.07) is 6.84. The predicted octanol–water partition coefficient (Wildman–Crippen LogP) is 3.02. The van der Waals surface area contributed by atoms with Crippen molar-refractivity contribution < 1.29 is 14.3 Å². The Bertz CT molecular complexity index is 705. The van der Waals surface area contributed by atoms with Crippen LogP contribution in [0.25, 0.3) is 0 Å². The van der Waals surface area contributed by atoms with Crippen molar-refractivity contribution >= 4 is 28.1 Å². The van der Waals surface area contributed by atoms with Crippen LogP contribution < -0.4 is 14.9 Å².